The summed E-state index contributed by atoms with van der Waals surface area (Å²) in [6, 6.07) is 5.56. The zero-order valence-electron chi connectivity index (χ0n) is 8.19. The third kappa shape index (κ3) is 1.92. The summed E-state index contributed by atoms with van der Waals surface area (Å²) in [6.07, 6.45) is 0.194. The van der Waals surface area contributed by atoms with Crippen LogP contribution in [0.15, 0.2) is 18.2 Å². The molecular weight excluding hydrogens is 212 g/mol. The Kier molecular flexibility index (Phi) is 2.55. The SMILES string of the molecule is COC(=O)Cc1nsc2ccc(N)cc12. The molecule has 1 aromatic heterocycles. The van der Waals surface area contributed by atoms with Crippen molar-refractivity contribution >= 4 is 33.3 Å². The molecule has 0 spiro atoms. The monoisotopic (exact) mass is 222 g/mol. The first-order valence-corrected chi connectivity index (χ1v) is 5.18. The minimum absolute atomic E-state index is 0.194. The molecule has 78 valence electrons. The van der Waals surface area contributed by atoms with Crippen molar-refractivity contribution < 1.29 is 9.53 Å². The van der Waals surface area contributed by atoms with Gasteiger partial charge in [-0.25, -0.2) is 0 Å². The molecule has 0 saturated heterocycles. The summed E-state index contributed by atoms with van der Waals surface area (Å²) >= 11 is 1.36. The first-order chi connectivity index (χ1) is 7.20. The summed E-state index contributed by atoms with van der Waals surface area (Å²) < 4.78 is 9.84. The minimum atomic E-state index is -0.287. The fourth-order valence-corrected chi connectivity index (χ4v) is 2.12. The Morgan fingerprint density at radius 1 is 1.60 bits per heavy atom. The van der Waals surface area contributed by atoms with Crippen LogP contribution in [0.25, 0.3) is 10.1 Å². The number of nitrogen functional groups attached to an aromatic ring is 1. The van der Waals surface area contributed by atoms with Gasteiger partial charge in [0.2, 0.25) is 0 Å². The van der Waals surface area contributed by atoms with Gasteiger partial charge in [0.15, 0.2) is 0 Å². The maximum atomic E-state index is 11.1. The molecule has 2 rings (SSSR count). The molecule has 0 atom stereocenters. The number of aromatic nitrogens is 1. The van der Waals surface area contributed by atoms with Crippen molar-refractivity contribution in [2.24, 2.45) is 0 Å². The Labute approximate surface area is 90.8 Å². The Morgan fingerprint density at radius 2 is 2.40 bits per heavy atom. The van der Waals surface area contributed by atoms with E-state index in [2.05, 4.69) is 9.11 Å². The van der Waals surface area contributed by atoms with Crippen LogP contribution < -0.4 is 5.73 Å². The van der Waals surface area contributed by atoms with E-state index in [4.69, 9.17) is 5.73 Å². The van der Waals surface area contributed by atoms with E-state index in [1.165, 1.54) is 18.6 Å². The van der Waals surface area contributed by atoms with Gasteiger partial charge in [-0.15, -0.1) is 0 Å². The van der Waals surface area contributed by atoms with Gasteiger partial charge in [0.1, 0.15) is 0 Å². The second kappa shape index (κ2) is 3.86. The molecule has 0 aliphatic heterocycles. The number of carbonyl (C=O) groups excluding carboxylic acids is 1. The molecule has 1 aromatic carbocycles. The number of nitrogens with two attached hydrogens (primary N) is 1. The standard InChI is InChI=1S/C10H10N2O2S/c1-14-10(13)5-8-7-4-6(11)2-3-9(7)15-12-8/h2-4H,5,11H2,1H3. The summed E-state index contributed by atoms with van der Waals surface area (Å²) in [5.41, 5.74) is 7.08. The fraction of sp³-hybridized carbons (Fsp3) is 0.200. The van der Waals surface area contributed by atoms with Gasteiger partial charge in [-0.2, -0.15) is 4.37 Å². The third-order valence-electron chi connectivity index (χ3n) is 2.11. The summed E-state index contributed by atoms with van der Waals surface area (Å²) in [4.78, 5) is 11.1. The Morgan fingerprint density at radius 3 is 3.13 bits per heavy atom. The number of hydrogen-bond acceptors (Lipinski definition) is 5. The second-order valence-corrected chi connectivity index (χ2v) is 3.94. The van der Waals surface area contributed by atoms with Crippen molar-refractivity contribution in [3.8, 4) is 0 Å². The molecule has 0 bridgehead atoms. The van der Waals surface area contributed by atoms with Gasteiger partial charge < -0.3 is 10.5 Å². The molecule has 0 saturated carbocycles. The van der Waals surface area contributed by atoms with Gasteiger partial charge in [0.25, 0.3) is 0 Å². The Bertz CT molecular complexity index is 507. The minimum Gasteiger partial charge on any atom is -0.469 e. The maximum absolute atomic E-state index is 11.1. The number of methoxy groups -OCH3 is 1. The number of esters is 1. The summed E-state index contributed by atoms with van der Waals surface area (Å²) in [5, 5.41) is 0.936. The highest BCUT2D eigenvalue weighted by atomic mass is 32.1. The highest BCUT2D eigenvalue weighted by Crippen LogP contribution is 2.25. The van der Waals surface area contributed by atoms with Crippen LogP contribution in [0, 0.1) is 0 Å². The number of anilines is 1. The summed E-state index contributed by atoms with van der Waals surface area (Å²) in [5.74, 6) is -0.287. The van der Waals surface area contributed by atoms with E-state index in [9.17, 15) is 4.79 Å². The van der Waals surface area contributed by atoms with Crippen molar-refractivity contribution in [2.45, 2.75) is 6.42 Å². The lowest BCUT2D eigenvalue weighted by Crippen LogP contribution is -2.04. The number of carbonyl (C=O) groups is 1. The topological polar surface area (TPSA) is 65.2 Å². The number of benzene rings is 1. The van der Waals surface area contributed by atoms with Crippen LogP contribution in [0.3, 0.4) is 0 Å². The van der Waals surface area contributed by atoms with E-state index in [0.717, 1.165) is 15.8 Å². The maximum Gasteiger partial charge on any atom is 0.311 e. The number of rotatable bonds is 2. The van der Waals surface area contributed by atoms with E-state index in [1.54, 1.807) is 0 Å². The molecule has 0 aliphatic rings. The molecule has 15 heavy (non-hydrogen) atoms. The van der Waals surface area contributed by atoms with E-state index < -0.39 is 0 Å². The molecule has 4 nitrogen and oxygen atoms in total. The van der Waals surface area contributed by atoms with Crippen LogP contribution in [-0.4, -0.2) is 17.5 Å². The van der Waals surface area contributed by atoms with Crippen LogP contribution in [0.1, 0.15) is 5.69 Å². The van der Waals surface area contributed by atoms with Gasteiger partial charge >= 0.3 is 5.97 Å². The molecule has 0 aliphatic carbocycles. The van der Waals surface area contributed by atoms with Gasteiger partial charge in [-0.3, -0.25) is 4.79 Å². The predicted molar refractivity (Wildman–Crippen MR) is 59.8 cm³/mol. The quantitative estimate of drug-likeness (QED) is 0.619. The highest BCUT2D eigenvalue weighted by Gasteiger charge is 2.10. The van der Waals surface area contributed by atoms with E-state index >= 15 is 0 Å². The molecule has 5 heteroatoms. The summed E-state index contributed by atoms with van der Waals surface area (Å²) in [6.45, 7) is 0. The van der Waals surface area contributed by atoms with E-state index in [-0.39, 0.29) is 12.4 Å². The number of nitrogens with zero attached hydrogens (tertiary/aromatic N) is 1. The van der Waals surface area contributed by atoms with Crippen molar-refractivity contribution in [1.82, 2.24) is 4.37 Å². The lowest BCUT2D eigenvalue weighted by Gasteiger charge is -1.97. The van der Waals surface area contributed by atoms with Gasteiger partial charge in [-0.05, 0) is 29.7 Å². The van der Waals surface area contributed by atoms with Crippen LogP contribution in [0.2, 0.25) is 0 Å². The third-order valence-corrected chi connectivity index (χ3v) is 2.97. The second-order valence-electron chi connectivity index (χ2n) is 3.14. The molecule has 0 radical (unpaired) electrons. The molecular formula is C10H10N2O2S. The van der Waals surface area contributed by atoms with Crippen molar-refractivity contribution in [2.75, 3.05) is 12.8 Å². The molecule has 1 heterocycles. The van der Waals surface area contributed by atoms with E-state index in [1.807, 2.05) is 18.2 Å². The Balaban J connectivity index is 2.43. The zero-order chi connectivity index (χ0) is 10.8. The first-order valence-electron chi connectivity index (χ1n) is 4.41. The molecule has 2 aromatic rings. The normalized spacial score (nSPS) is 10.5. The molecule has 0 unspecified atom stereocenters. The lowest BCUT2D eigenvalue weighted by molar-refractivity contribution is -0.139. The largest absolute Gasteiger partial charge is 0.469 e. The average molecular weight is 222 g/mol. The van der Waals surface area contributed by atoms with Crippen LogP contribution in [0.4, 0.5) is 5.69 Å². The smallest absolute Gasteiger partial charge is 0.311 e. The molecule has 0 amide bonds. The van der Waals surface area contributed by atoms with E-state index in [0.29, 0.717) is 5.69 Å². The van der Waals surface area contributed by atoms with Crippen LogP contribution in [-0.2, 0) is 16.0 Å². The number of hydrogen-bond donors (Lipinski definition) is 1. The van der Waals surface area contributed by atoms with Gasteiger partial charge in [0, 0.05) is 11.1 Å². The first kappa shape index (κ1) is 9.92. The van der Waals surface area contributed by atoms with Gasteiger partial charge in [-0.1, -0.05) is 0 Å². The van der Waals surface area contributed by atoms with Crippen molar-refractivity contribution in [1.29, 1.82) is 0 Å². The number of fused-ring (bicyclic) bond motifs is 1. The van der Waals surface area contributed by atoms with Crippen molar-refractivity contribution in [3.63, 3.8) is 0 Å². The predicted octanol–water partition coefficient (Wildman–Crippen LogP) is 1.59. The average Bonchev–Trinajstić information content (AvgIpc) is 2.61. The summed E-state index contributed by atoms with van der Waals surface area (Å²) in [7, 11) is 1.37. The lowest BCUT2D eigenvalue weighted by atomic mass is 10.1. The van der Waals surface area contributed by atoms with Crippen LogP contribution in [0.5, 0.6) is 0 Å². The molecule has 2 N–H and O–H groups in total. The fourth-order valence-electron chi connectivity index (χ4n) is 1.34. The van der Waals surface area contributed by atoms with Gasteiger partial charge in [0.05, 0.1) is 23.9 Å². The number of ether oxygens (including phenoxy) is 1. The zero-order valence-corrected chi connectivity index (χ0v) is 9.00. The van der Waals surface area contributed by atoms with Crippen molar-refractivity contribution in [3.05, 3.63) is 23.9 Å². The molecule has 0 fully saturated rings. The highest BCUT2D eigenvalue weighted by molar-refractivity contribution is 7.13. The Hall–Kier alpha value is -1.62. The van der Waals surface area contributed by atoms with Crippen LogP contribution >= 0.6 is 11.5 Å².